The third kappa shape index (κ3) is 5.13. The van der Waals surface area contributed by atoms with Gasteiger partial charge in [-0.15, -0.1) is 0 Å². The molecule has 1 aromatic heterocycles. The van der Waals surface area contributed by atoms with Crippen molar-refractivity contribution in [1.82, 2.24) is 9.97 Å². The number of nitrogens with one attached hydrogen (secondary N) is 1. The number of halogens is 3. The molecule has 0 aliphatic carbocycles. The highest BCUT2D eigenvalue weighted by atomic mass is 32.2. The fourth-order valence-corrected chi connectivity index (χ4v) is 2.44. The number of aryl methyl sites for hydroxylation is 1. The van der Waals surface area contributed by atoms with E-state index in [4.69, 9.17) is 5.73 Å². The van der Waals surface area contributed by atoms with Crippen LogP contribution < -0.4 is 11.1 Å². The molecule has 0 fully saturated rings. The number of rotatable bonds is 4. The van der Waals surface area contributed by atoms with E-state index in [9.17, 15) is 18.0 Å². The maximum atomic E-state index is 12.6. The van der Waals surface area contributed by atoms with E-state index in [1.54, 1.807) is 13.0 Å². The number of benzene rings is 1. The molecule has 0 bridgehead atoms. The molecular weight excluding hydrogens is 329 g/mol. The summed E-state index contributed by atoms with van der Waals surface area (Å²) < 4.78 is 37.8. The lowest BCUT2D eigenvalue weighted by molar-refractivity contribution is -0.137. The summed E-state index contributed by atoms with van der Waals surface area (Å²) in [6.45, 7) is 1.74. The normalized spacial score (nSPS) is 11.3. The van der Waals surface area contributed by atoms with Crippen LogP contribution in [0.3, 0.4) is 0 Å². The minimum atomic E-state index is -4.46. The zero-order valence-electron chi connectivity index (χ0n) is 12.0. The third-order valence-corrected chi connectivity index (χ3v) is 3.51. The molecule has 0 aliphatic heterocycles. The Kier molecular flexibility index (Phi) is 5.09. The maximum absolute atomic E-state index is 12.6. The van der Waals surface area contributed by atoms with Gasteiger partial charge in [0.25, 0.3) is 0 Å². The number of alkyl halides is 3. The molecule has 23 heavy (non-hydrogen) atoms. The van der Waals surface area contributed by atoms with Gasteiger partial charge in [-0.25, -0.2) is 9.97 Å². The summed E-state index contributed by atoms with van der Waals surface area (Å²) >= 11 is 1.05. The first-order valence-electron chi connectivity index (χ1n) is 6.45. The molecule has 0 saturated heterocycles. The Morgan fingerprint density at radius 3 is 2.70 bits per heavy atom. The van der Waals surface area contributed by atoms with Gasteiger partial charge >= 0.3 is 6.18 Å². The number of aromatic nitrogens is 2. The predicted octanol–water partition coefficient (Wildman–Crippen LogP) is 3.12. The molecule has 0 unspecified atom stereocenters. The summed E-state index contributed by atoms with van der Waals surface area (Å²) in [7, 11) is 0. The van der Waals surface area contributed by atoms with Crippen molar-refractivity contribution in [1.29, 1.82) is 0 Å². The zero-order valence-corrected chi connectivity index (χ0v) is 12.8. The monoisotopic (exact) mass is 342 g/mol. The number of nitrogens with zero attached hydrogens (tertiary/aromatic N) is 2. The first kappa shape index (κ1) is 17.1. The van der Waals surface area contributed by atoms with Crippen molar-refractivity contribution in [2.24, 2.45) is 0 Å². The molecule has 1 aromatic carbocycles. The smallest absolute Gasteiger partial charge is 0.384 e. The van der Waals surface area contributed by atoms with E-state index in [0.29, 0.717) is 16.7 Å². The molecule has 122 valence electrons. The number of nitrogen functional groups attached to an aromatic ring is 1. The maximum Gasteiger partial charge on any atom is 0.416 e. The fourth-order valence-electron chi connectivity index (χ4n) is 1.73. The number of thioether (sulfide) groups is 1. The topological polar surface area (TPSA) is 80.9 Å². The highest BCUT2D eigenvalue weighted by Gasteiger charge is 2.30. The van der Waals surface area contributed by atoms with Gasteiger partial charge in [0.15, 0.2) is 5.16 Å². The Bertz CT molecular complexity index is 701. The van der Waals surface area contributed by atoms with Crippen molar-refractivity contribution < 1.29 is 18.0 Å². The van der Waals surface area contributed by atoms with Gasteiger partial charge in [-0.1, -0.05) is 17.8 Å². The minimum Gasteiger partial charge on any atom is -0.384 e. The third-order valence-electron chi connectivity index (χ3n) is 2.66. The van der Waals surface area contributed by atoms with Crippen LogP contribution in [-0.2, 0) is 11.0 Å². The predicted molar refractivity (Wildman–Crippen MR) is 82.0 cm³/mol. The van der Waals surface area contributed by atoms with Crippen LogP contribution in [0.15, 0.2) is 35.5 Å². The largest absolute Gasteiger partial charge is 0.416 e. The van der Waals surface area contributed by atoms with Crippen molar-refractivity contribution >= 4 is 29.2 Å². The van der Waals surface area contributed by atoms with E-state index in [-0.39, 0.29) is 11.4 Å². The fraction of sp³-hybridized carbons (Fsp3) is 0.214. The molecule has 0 aliphatic rings. The molecular formula is C14H13F3N4OS. The SMILES string of the molecule is Cc1cc(N)nc(SCC(=O)Nc2cccc(C(F)(F)F)c2)n1. The standard InChI is InChI=1S/C14H13F3N4OS/c1-8-5-11(18)21-13(19-8)23-7-12(22)20-10-4-2-3-9(6-10)14(15,16)17/h2-6H,7H2,1H3,(H,20,22)(H2,18,19,21). The highest BCUT2D eigenvalue weighted by molar-refractivity contribution is 7.99. The molecule has 9 heteroatoms. The zero-order chi connectivity index (χ0) is 17.0. The van der Waals surface area contributed by atoms with Gasteiger partial charge in [-0.3, -0.25) is 4.79 Å². The van der Waals surface area contributed by atoms with Crippen LogP contribution in [0.2, 0.25) is 0 Å². The molecule has 0 spiro atoms. The lowest BCUT2D eigenvalue weighted by atomic mass is 10.2. The second kappa shape index (κ2) is 6.86. The van der Waals surface area contributed by atoms with Crippen molar-refractivity contribution in [3.8, 4) is 0 Å². The number of hydrogen-bond donors (Lipinski definition) is 2. The molecule has 1 heterocycles. The molecule has 0 saturated carbocycles. The lowest BCUT2D eigenvalue weighted by Crippen LogP contribution is -2.15. The number of hydrogen-bond acceptors (Lipinski definition) is 5. The van der Waals surface area contributed by atoms with Gasteiger partial charge in [0.1, 0.15) is 5.82 Å². The second-order valence-electron chi connectivity index (χ2n) is 4.63. The Morgan fingerprint density at radius 2 is 2.04 bits per heavy atom. The van der Waals surface area contributed by atoms with Gasteiger partial charge in [-0.05, 0) is 25.1 Å². The summed E-state index contributed by atoms with van der Waals surface area (Å²) in [6.07, 6.45) is -4.46. The average Bonchev–Trinajstić information content (AvgIpc) is 2.43. The molecule has 0 atom stereocenters. The van der Waals surface area contributed by atoms with Crippen LogP contribution in [0.4, 0.5) is 24.7 Å². The van der Waals surface area contributed by atoms with Crippen molar-refractivity contribution in [3.05, 3.63) is 41.6 Å². The Morgan fingerprint density at radius 1 is 1.30 bits per heavy atom. The Hall–Kier alpha value is -2.29. The van der Waals surface area contributed by atoms with E-state index in [2.05, 4.69) is 15.3 Å². The molecule has 1 amide bonds. The van der Waals surface area contributed by atoms with Crippen molar-refractivity contribution in [3.63, 3.8) is 0 Å². The summed E-state index contributed by atoms with van der Waals surface area (Å²) in [6, 6.07) is 6.03. The Labute approximate surface area is 134 Å². The quantitative estimate of drug-likeness (QED) is 0.659. The number of anilines is 2. The van der Waals surface area contributed by atoms with Crippen LogP contribution in [-0.4, -0.2) is 21.6 Å². The van der Waals surface area contributed by atoms with Crippen molar-refractivity contribution in [2.45, 2.75) is 18.3 Å². The van der Waals surface area contributed by atoms with Crippen LogP contribution in [0.1, 0.15) is 11.3 Å². The van der Waals surface area contributed by atoms with Crippen LogP contribution in [0, 0.1) is 6.92 Å². The number of carbonyl (C=O) groups is 1. The van der Waals surface area contributed by atoms with E-state index < -0.39 is 17.6 Å². The van der Waals surface area contributed by atoms with E-state index in [1.165, 1.54) is 12.1 Å². The van der Waals surface area contributed by atoms with E-state index in [1.807, 2.05) is 0 Å². The first-order chi connectivity index (χ1) is 10.7. The van der Waals surface area contributed by atoms with Gasteiger partial charge in [-0.2, -0.15) is 13.2 Å². The average molecular weight is 342 g/mol. The number of carbonyl (C=O) groups excluding carboxylic acids is 1. The molecule has 2 rings (SSSR count). The summed E-state index contributed by atoms with van der Waals surface area (Å²) in [5.74, 6) is -0.213. The Balaban J connectivity index is 1.97. The lowest BCUT2D eigenvalue weighted by Gasteiger charge is -2.09. The molecule has 3 N–H and O–H groups in total. The first-order valence-corrected chi connectivity index (χ1v) is 7.43. The number of amides is 1. The van der Waals surface area contributed by atoms with Gasteiger partial charge < -0.3 is 11.1 Å². The second-order valence-corrected chi connectivity index (χ2v) is 5.57. The highest BCUT2D eigenvalue weighted by Crippen LogP contribution is 2.30. The summed E-state index contributed by atoms with van der Waals surface area (Å²) in [5, 5.41) is 2.74. The summed E-state index contributed by atoms with van der Waals surface area (Å²) in [5.41, 5.74) is 5.50. The van der Waals surface area contributed by atoms with Gasteiger partial charge in [0.05, 0.1) is 11.3 Å². The van der Waals surface area contributed by atoms with Crippen LogP contribution in [0.5, 0.6) is 0 Å². The van der Waals surface area contributed by atoms with Gasteiger partial charge in [0.2, 0.25) is 5.91 Å². The van der Waals surface area contributed by atoms with E-state index >= 15 is 0 Å². The van der Waals surface area contributed by atoms with E-state index in [0.717, 1.165) is 23.9 Å². The van der Waals surface area contributed by atoms with Crippen molar-refractivity contribution in [2.75, 3.05) is 16.8 Å². The molecule has 5 nitrogen and oxygen atoms in total. The van der Waals surface area contributed by atoms with Crippen LogP contribution in [0.25, 0.3) is 0 Å². The van der Waals surface area contributed by atoms with Crippen LogP contribution >= 0.6 is 11.8 Å². The van der Waals surface area contributed by atoms with Gasteiger partial charge in [0, 0.05) is 17.4 Å². The molecule has 2 aromatic rings. The number of nitrogens with two attached hydrogens (primary N) is 1. The minimum absolute atomic E-state index is 0.0425. The summed E-state index contributed by atoms with van der Waals surface area (Å²) in [4.78, 5) is 19.9. The molecule has 0 radical (unpaired) electrons.